The van der Waals surface area contributed by atoms with Crippen LogP contribution in [0, 0.1) is 5.92 Å². The van der Waals surface area contributed by atoms with Gasteiger partial charge in [-0.15, -0.1) is 0 Å². The summed E-state index contributed by atoms with van der Waals surface area (Å²) in [6, 6.07) is 1.46. The van der Waals surface area contributed by atoms with Crippen LogP contribution in [0.15, 0.2) is 0 Å². The average molecular weight is 298 g/mol. The van der Waals surface area contributed by atoms with Gasteiger partial charge in [0.1, 0.15) is 0 Å². The maximum Gasteiger partial charge on any atom is 0.0795 e. The summed E-state index contributed by atoms with van der Waals surface area (Å²) in [5, 5.41) is 4.04. The molecule has 3 rings (SSSR count). The second kappa shape index (κ2) is 7.02. The molecule has 2 nitrogen and oxygen atoms in total. The predicted molar refractivity (Wildman–Crippen MR) is 87.4 cm³/mol. The molecule has 2 heterocycles. The zero-order valence-electron chi connectivity index (χ0n) is 13.0. The summed E-state index contributed by atoms with van der Waals surface area (Å²) >= 11 is 2.08. The molecule has 0 aromatic heterocycles. The number of thioether (sulfide) groups is 1. The van der Waals surface area contributed by atoms with E-state index in [2.05, 4.69) is 24.0 Å². The van der Waals surface area contributed by atoms with Crippen molar-refractivity contribution in [1.82, 2.24) is 5.32 Å². The highest BCUT2D eigenvalue weighted by Crippen LogP contribution is 2.39. The lowest BCUT2D eigenvalue weighted by atomic mass is 9.81. The number of nitrogens with one attached hydrogen (secondary N) is 1. The van der Waals surface area contributed by atoms with E-state index in [4.69, 9.17) is 4.74 Å². The first kappa shape index (κ1) is 15.2. The summed E-state index contributed by atoms with van der Waals surface area (Å²) in [5.74, 6) is 3.46. The van der Waals surface area contributed by atoms with Crippen LogP contribution < -0.4 is 5.32 Å². The van der Waals surface area contributed by atoms with Crippen LogP contribution in [0.4, 0.5) is 0 Å². The van der Waals surface area contributed by atoms with Gasteiger partial charge in [-0.25, -0.2) is 0 Å². The molecule has 2 saturated heterocycles. The topological polar surface area (TPSA) is 21.3 Å². The molecule has 0 radical (unpaired) electrons. The molecule has 0 aromatic rings. The van der Waals surface area contributed by atoms with Crippen LogP contribution in [0.5, 0.6) is 0 Å². The first-order valence-electron chi connectivity index (χ1n) is 8.79. The van der Waals surface area contributed by atoms with Crippen LogP contribution >= 0.6 is 11.8 Å². The Labute approximate surface area is 128 Å². The molecular formula is C17H31NOS. The molecule has 116 valence electrons. The highest BCUT2D eigenvalue weighted by Gasteiger charge is 2.41. The van der Waals surface area contributed by atoms with Gasteiger partial charge in [0.15, 0.2) is 0 Å². The number of ether oxygens (including phenoxy) is 1. The fraction of sp³-hybridized carbons (Fsp3) is 1.00. The molecule has 0 amide bonds. The number of hydrogen-bond donors (Lipinski definition) is 1. The van der Waals surface area contributed by atoms with Gasteiger partial charge in [0.05, 0.1) is 5.60 Å². The summed E-state index contributed by atoms with van der Waals surface area (Å²) in [5.41, 5.74) is 0.228. The normalized spacial score (nSPS) is 37.4. The molecule has 3 fully saturated rings. The quantitative estimate of drug-likeness (QED) is 0.848. The lowest BCUT2D eigenvalue weighted by molar-refractivity contribution is -0.0724. The summed E-state index contributed by atoms with van der Waals surface area (Å²) < 4.78 is 6.16. The van der Waals surface area contributed by atoms with Crippen molar-refractivity contribution in [3.05, 3.63) is 0 Å². The Hall–Kier alpha value is 0.270. The van der Waals surface area contributed by atoms with Crippen LogP contribution in [0.25, 0.3) is 0 Å². The maximum atomic E-state index is 6.16. The van der Waals surface area contributed by atoms with Gasteiger partial charge in [0.25, 0.3) is 0 Å². The largest absolute Gasteiger partial charge is 0.374 e. The Morgan fingerprint density at radius 3 is 2.80 bits per heavy atom. The first-order chi connectivity index (χ1) is 9.81. The molecular weight excluding hydrogens is 266 g/mol. The van der Waals surface area contributed by atoms with Crippen molar-refractivity contribution in [1.29, 1.82) is 0 Å². The van der Waals surface area contributed by atoms with E-state index < -0.39 is 0 Å². The molecule has 0 aromatic carbocycles. The molecule has 1 aliphatic carbocycles. The highest BCUT2D eigenvalue weighted by molar-refractivity contribution is 7.99. The fourth-order valence-corrected chi connectivity index (χ4v) is 5.84. The Balaban J connectivity index is 1.54. The van der Waals surface area contributed by atoms with Gasteiger partial charge < -0.3 is 10.1 Å². The average Bonchev–Trinajstić information content (AvgIpc) is 2.93. The number of hydrogen-bond acceptors (Lipinski definition) is 3. The highest BCUT2D eigenvalue weighted by atomic mass is 32.2. The lowest BCUT2D eigenvalue weighted by Gasteiger charge is -2.41. The van der Waals surface area contributed by atoms with Crippen molar-refractivity contribution >= 4 is 11.8 Å². The first-order valence-corrected chi connectivity index (χ1v) is 9.94. The van der Waals surface area contributed by atoms with E-state index in [1.807, 2.05) is 0 Å². The molecule has 1 saturated carbocycles. The minimum atomic E-state index is 0.228. The molecule has 1 spiro atoms. The van der Waals surface area contributed by atoms with Crippen LogP contribution in [0.3, 0.4) is 0 Å². The predicted octanol–water partition coefficient (Wildman–Crippen LogP) is 3.99. The van der Waals surface area contributed by atoms with Gasteiger partial charge in [-0.2, -0.15) is 11.8 Å². The third kappa shape index (κ3) is 3.53. The Kier molecular flexibility index (Phi) is 5.33. The van der Waals surface area contributed by atoms with Crippen molar-refractivity contribution in [2.75, 3.05) is 18.1 Å². The minimum absolute atomic E-state index is 0.228. The Bertz CT molecular complexity index is 297. The molecule has 2 aliphatic heterocycles. The molecule has 20 heavy (non-hydrogen) atoms. The van der Waals surface area contributed by atoms with E-state index in [0.29, 0.717) is 6.04 Å². The molecule has 3 unspecified atom stereocenters. The van der Waals surface area contributed by atoms with E-state index in [0.717, 1.165) is 18.6 Å². The second-order valence-electron chi connectivity index (χ2n) is 7.10. The molecule has 1 N–H and O–H groups in total. The van der Waals surface area contributed by atoms with Crippen molar-refractivity contribution in [3.63, 3.8) is 0 Å². The monoisotopic (exact) mass is 297 g/mol. The third-order valence-corrected chi connectivity index (χ3v) is 6.89. The van der Waals surface area contributed by atoms with E-state index >= 15 is 0 Å². The van der Waals surface area contributed by atoms with Gasteiger partial charge in [0, 0.05) is 24.4 Å². The SMILES string of the molecule is CCC(NC1CCOC2(CCSC2)C1)C1CCCCC1. The van der Waals surface area contributed by atoms with Crippen molar-refractivity contribution < 1.29 is 4.74 Å². The van der Waals surface area contributed by atoms with Crippen LogP contribution in [0.1, 0.15) is 64.7 Å². The number of rotatable bonds is 4. The second-order valence-corrected chi connectivity index (χ2v) is 8.21. The molecule has 3 heteroatoms. The maximum absolute atomic E-state index is 6.16. The lowest BCUT2D eigenvalue weighted by Crippen LogP contribution is -2.51. The van der Waals surface area contributed by atoms with E-state index in [-0.39, 0.29) is 5.60 Å². The van der Waals surface area contributed by atoms with Gasteiger partial charge >= 0.3 is 0 Å². The zero-order chi connectivity index (χ0) is 13.8. The van der Waals surface area contributed by atoms with Crippen molar-refractivity contribution in [2.45, 2.75) is 82.4 Å². The van der Waals surface area contributed by atoms with Crippen molar-refractivity contribution in [2.24, 2.45) is 5.92 Å². The smallest absolute Gasteiger partial charge is 0.0795 e. The van der Waals surface area contributed by atoms with E-state index in [1.54, 1.807) is 0 Å². The third-order valence-electron chi connectivity index (χ3n) is 5.67. The summed E-state index contributed by atoms with van der Waals surface area (Å²) in [6.07, 6.45) is 12.3. The fourth-order valence-electron chi connectivity index (χ4n) is 4.46. The van der Waals surface area contributed by atoms with Gasteiger partial charge in [-0.3, -0.25) is 0 Å². The summed E-state index contributed by atoms with van der Waals surface area (Å²) in [6.45, 7) is 3.34. The van der Waals surface area contributed by atoms with Gasteiger partial charge in [0.2, 0.25) is 0 Å². The minimum Gasteiger partial charge on any atom is -0.374 e. The van der Waals surface area contributed by atoms with E-state index in [9.17, 15) is 0 Å². The van der Waals surface area contributed by atoms with Gasteiger partial charge in [-0.05, 0) is 50.2 Å². The van der Waals surface area contributed by atoms with Gasteiger partial charge in [-0.1, -0.05) is 26.2 Å². The standard InChI is InChI=1S/C17H31NOS/c1-2-16(14-6-4-3-5-7-14)18-15-8-10-19-17(12-15)9-11-20-13-17/h14-16,18H,2-13H2,1H3. The van der Waals surface area contributed by atoms with Crippen LogP contribution in [-0.4, -0.2) is 35.8 Å². The molecule has 3 atom stereocenters. The van der Waals surface area contributed by atoms with Crippen LogP contribution in [-0.2, 0) is 4.74 Å². The van der Waals surface area contributed by atoms with Crippen molar-refractivity contribution in [3.8, 4) is 0 Å². The van der Waals surface area contributed by atoms with E-state index in [1.165, 1.54) is 69.3 Å². The summed E-state index contributed by atoms with van der Waals surface area (Å²) in [4.78, 5) is 0. The molecule has 3 aliphatic rings. The Morgan fingerprint density at radius 2 is 2.10 bits per heavy atom. The van der Waals surface area contributed by atoms with Crippen LogP contribution in [0.2, 0.25) is 0 Å². The Morgan fingerprint density at radius 1 is 1.25 bits per heavy atom. The molecule has 0 bridgehead atoms. The summed E-state index contributed by atoms with van der Waals surface area (Å²) in [7, 11) is 0. The zero-order valence-corrected chi connectivity index (χ0v) is 13.9.